The van der Waals surface area contributed by atoms with Crippen LogP contribution in [0.4, 0.5) is 11.4 Å². The normalized spacial score (nSPS) is 12.3. The number of aromatic nitrogens is 2. The van der Waals surface area contributed by atoms with Crippen LogP contribution >= 0.6 is 0 Å². The number of rotatable bonds is 6. The van der Waals surface area contributed by atoms with E-state index in [0.29, 0.717) is 16.7 Å². The zero-order valence-electron chi connectivity index (χ0n) is 22.1. The monoisotopic (exact) mass is 613 g/mol. The fourth-order valence-electron chi connectivity index (χ4n) is 4.78. The molecule has 0 unspecified atom stereocenters. The third kappa shape index (κ3) is 4.81. The number of hydrogen-bond acceptors (Lipinski definition) is 9. The number of pyridine rings is 1. The van der Waals surface area contributed by atoms with E-state index >= 15 is 0 Å². The average molecular weight is 614 g/mol. The Labute approximate surface area is 244 Å². The molecule has 2 aromatic heterocycles. The Bertz CT molecular complexity index is 2460. The number of nitrogens with one attached hydrogen (secondary N) is 1. The van der Waals surface area contributed by atoms with Gasteiger partial charge in [0.05, 0.1) is 32.6 Å². The van der Waals surface area contributed by atoms with Crippen molar-refractivity contribution in [2.45, 2.75) is 16.7 Å². The third-order valence-electron chi connectivity index (χ3n) is 6.79. The number of benzene rings is 4. The van der Waals surface area contributed by atoms with Gasteiger partial charge in [0.2, 0.25) is 0 Å². The number of hydrogen-bond donors (Lipinski definition) is 2. The van der Waals surface area contributed by atoms with Crippen molar-refractivity contribution in [3.63, 3.8) is 0 Å². The lowest BCUT2D eigenvalue weighted by Gasteiger charge is -2.12. The summed E-state index contributed by atoms with van der Waals surface area (Å²) in [5.74, 6) is -0.443. The first-order chi connectivity index (χ1) is 20.5. The molecule has 2 N–H and O–H groups in total. The summed E-state index contributed by atoms with van der Waals surface area (Å²) in [6.45, 7) is 1.56. The molecule has 0 bridgehead atoms. The Kier molecular flexibility index (Phi) is 6.57. The van der Waals surface area contributed by atoms with Gasteiger partial charge in [-0.1, -0.05) is 42.5 Å². The van der Waals surface area contributed by atoms with Gasteiger partial charge < -0.3 is 9.17 Å². The number of nitrogens with zero attached hydrogens (tertiary/aromatic N) is 4. The highest BCUT2D eigenvalue weighted by molar-refractivity contribution is 7.87. The standard InChI is InChI=1S/C29H19N5O7S2/c1-17-21(16-30)28-31-22-11-5-6-13-24(22)34(28)29(35)27(17)33-32-23-12-7-8-18-14-20(42(36,37)38)15-25(26(18)23)41-43(39,40)19-9-3-2-4-10-19/h2-15,31H,1H3,(H,36,37,38). The van der Waals surface area contributed by atoms with Gasteiger partial charge in [-0.3, -0.25) is 13.7 Å². The van der Waals surface area contributed by atoms with Gasteiger partial charge in [0.25, 0.3) is 15.7 Å². The highest BCUT2D eigenvalue weighted by atomic mass is 32.2. The molecule has 0 aliphatic carbocycles. The van der Waals surface area contributed by atoms with E-state index in [9.17, 15) is 31.4 Å². The van der Waals surface area contributed by atoms with Gasteiger partial charge in [0.1, 0.15) is 16.6 Å². The van der Waals surface area contributed by atoms with Gasteiger partial charge in [-0.15, -0.1) is 10.2 Å². The summed E-state index contributed by atoms with van der Waals surface area (Å²) in [5.41, 5.74) is 1.25. The molecule has 43 heavy (non-hydrogen) atoms. The molecule has 0 radical (unpaired) electrons. The number of para-hydroxylation sites is 2. The first-order valence-electron chi connectivity index (χ1n) is 12.5. The molecular weight excluding hydrogens is 594 g/mol. The van der Waals surface area contributed by atoms with Gasteiger partial charge >= 0.3 is 10.1 Å². The number of H-pyrrole nitrogens is 1. The summed E-state index contributed by atoms with van der Waals surface area (Å²) in [6, 6.07) is 22.7. The van der Waals surface area contributed by atoms with Crippen molar-refractivity contribution >= 4 is 59.1 Å². The zero-order chi connectivity index (χ0) is 30.5. The van der Waals surface area contributed by atoms with Gasteiger partial charge in [-0.05, 0) is 48.7 Å². The summed E-state index contributed by atoms with van der Waals surface area (Å²) in [4.78, 5) is 15.9. The molecule has 2 heterocycles. The summed E-state index contributed by atoms with van der Waals surface area (Å²) in [5, 5.41) is 18.5. The molecule has 214 valence electrons. The van der Waals surface area contributed by atoms with Crippen LogP contribution in [0.5, 0.6) is 5.75 Å². The van der Waals surface area contributed by atoms with Crippen LogP contribution in [0, 0.1) is 18.3 Å². The zero-order valence-corrected chi connectivity index (χ0v) is 23.7. The molecule has 0 aliphatic rings. The van der Waals surface area contributed by atoms with E-state index in [-0.39, 0.29) is 38.2 Å². The lowest BCUT2D eigenvalue weighted by atomic mass is 10.1. The topological polar surface area (TPSA) is 184 Å². The number of imidazole rings is 1. The second kappa shape index (κ2) is 10.2. The first-order valence-corrected chi connectivity index (χ1v) is 15.4. The smallest absolute Gasteiger partial charge is 0.339 e. The fourth-order valence-corrected chi connectivity index (χ4v) is 6.26. The van der Waals surface area contributed by atoms with Crippen LogP contribution in [0.1, 0.15) is 11.1 Å². The Morgan fingerprint density at radius 1 is 0.907 bits per heavy atom. The molecule has 0 saturated heterocycles. The van der Waals surface area contributed by atoms with Crippen molar-refractivity contribution in [3.05, 3.63) is 106 Å². The Morgan fingerprint density at radius 2 is 1.63 bits per heavy atom. The molecule has 12 nitrogen and oxygen atoms in total. The molecule has 0 fully saturated rings. The predicted molar refractivity (Wildman–Crippen MR) is 157 cm³/mol. The van der Waals surface area contributed by atoms with Crippen LogP contribution in [-0.4, -0.2) is 30.8 Å². The van der Waals surface area contributed by atoms with Crippen LogP contribution in [0.3, 0.4) is 0 Å². The van der Waals surface area contributed by atoms with Crippen molar-refractivity contribution < 1.29 is 25.6 Å². The molecule has 4 aromatic carbocycles. The summed E-state index contributed by atoms with van der Waals surface area (Å²) in [6.07, 6.45) is 0. The molecule has 14 heteroatoms. The lowest BCUT2D eigenvalue weighted by Crippen LogP contribution is -2.14. The minimum absolute atomic E-state index is 0.0268. The highest BCUT2D eigenvalue weighted by Crippen LogP contribution is 2.39. The summed E-state index contributed by atoms with van der Waals surface area (Å²) >= 11 is 0. The van der Waals surface area contributed by atoms with E-state index < -0.39 is 36.4 Å². The van der Waals surface area contributed by atoms with Crippen LogP contribution in [-0.2, 0) is 20.2 Å². The van der Waals surface area contributed by atoms with E-state index in [1.54, 1.807) is 37.3 Å². The largest absolute Gasteiger partial charge is 0.378 e. The van der Waals surface area contributed by atoms with Crippen molar-refractivity contribution in [2.24, 2.45) is 10.2 Å². The maximum atomic E-state index is 13.6. The van der Waals surface area contributed by atoms with Crippen molar-refractivity contribution in [1.82, 2.24) is 9.38 Å². The fraction of sp³-hybridized carbons (Fsp3) is 0.0345. The van der Waals surface area contributed by atoms with Crippen molar-refractivity contribution in [2.75, 3.05) is 0 Å². The number of fused-ring (bicyclic) bond motifs is 4. The average Bonchev–Trinajstić information content (AvgIpc) is 3.36. The quantitative estimate of drug-likeness (QED) is 0.139. The van der Waals surface area contributed by atoms with Gasteiger partial charge in [-0.2, -0.15) is 22.1 Å². The molecule has 0 amide bonds. The van der Waals surface area contributed by atoms with E-state index in [1.165, 1.54) is 46.9 Å². The highest BCUT2D eigenvalue weighted by Gasteiger charge is 2.23. The number of aromatic amines is 1. The molecule has 0 saturated carbocycles. The maximum absolute atomic E-state index is 13.6. The van der Waals surface area contributed by atoms with Crippen LogP contribution in [0.15, 0.2) is 110 Å². The third-order valence-corrected chi connectivity index (χ3v) is 8.87. The Morgan fingerprint density at radius 3 is 2.35 bits per heavy atom. The first kappa shape index (κ1) is 27.8. The van der Waals surface area contributed by atoms with Crippen molar-refractivity contribution in [1.29, 1.82) is 5.26 Å². The van der Waals surface area contributed by atoms with E-state index in [4.69, 9.17) is 4.18 Å². The summed E-state index contributed by atoms with van der Waals surface area (Å²) < 4.78 is 66.7. The number of azo groups is 1. The minimum atomic E-state index is -4.76. The molecule has 6 aromatic rings. The van der Waals surface area contributed by atoms with Crippen LogP contribution in [0.25, 0.3) is 27.5 Å². The predicted octanol–water partition coefficient (Wildman–Crippen LogP) is 5.54. The Balaban J connectivity index is 1.58. The maximum Gasteiger partial charge on any atom is 0.339 e. The molecule has 6 rings (SSSR count). The lowest BCUT2D eigenvalue weighted by molar-refractivity contribution is 0.477. The second-order valence-corrected chi connectivity index (χ2v) is 12.4. The SMILES string of the molecule is Cc1c(N=Nc2cccc3cc(S(=O)(=O)O)cc(OS(=O)(=O)c4ccccc4)c23)c(=O)n2c([nH]c3ccccc32)c1C#N. The van der Waals surface area contributed by atoms with E-state index in [0.717, 1.165) is 12.1 Å². The molecule has 0 spiro atoms. The second-order valence-electron chi connectivity index (χ2n) is 9.41. The van der Waals surface area contributed by atoms with Gasteiger partial charge in [0, 0.05) is 11.6 Å². The molecular formula is C29H19N5O7S2. The van der Waals surface area contributed by atoms with Crippen LogP contribution < -0.4 is 9.74 Å². The Hall–Kier alpha value is -5.36. The van der Waals surface area contributed by atoms with E-state index in [2.05, 4.69) is 21.3 Å². The van der Waals surface area contributed by atoms with Crippen LogP contribution in [0.2, 0.25) is 0 Å². The number of nitriles is 1. The molecule has 0 atom stereocenters. The molecule has 0 aliphatic heterocycles. The van der Waals surface area contributed by atoms with Gasteiger partial charge in [0.15, 0.2) is 11.4 Å². The van der Waals surface area contributed by atoms with Crippen molar-refractivity contribution in [3.8, 4) is 11.8 Å². The van der Waals surface area contributed by atoms with E-state index in [1.807, 2.05) is 0 Å². The summed E-state index contributed by atoms with van der Waals surface area (Å²) in [7, 11) is -9.22. The van der Waals surface area contributed by atoms with Gasteiger partial charge in [-0.25, -0.2) is 0 Å². The minimum Gasteiger partial charge on any atom is -0.378 e.